The van der Waals surface area contributed by atoms with Gasteiger partial charge in [-0.15, -0.1) is 0 Å². The van der Waals surface area contributed by atoms with Crippen molar-refractivity contribution in [3.8, 4) is 11.8 Å². The number of aromatic hydroxyl groups is 1. The quantitative estimate of drug-likeness (QED) is 0.598. The Labute approximate surface area is 147 Å². The number of anilines is 1. The first kappa shape index (κ1) is 17.2. The Balaban J connectivity index is 2.26. The van der Waals surface area contributed by atoms with E-state index in [1.165, 1.54) is 42.5 Å². The molecule has 4 nitrogen and oxygen atoms in total. The smallest absolute Gasteiger partial charge is 0.266 e. The number of halogens is 3. The maximum atomic E-state index is 12.2. The van der Waals surface area contributed by atoms with Crippen LogP contribution in [0.2, 0.25) is 15.1 Å². The molecule has 116 valence electrons. The van der Waals surface area contributed by atoms with Gasteiger partial charge in [0.2, 0.25) is 0 Å². The van der Waals surface area contributed by atoms with Crippen molar-refractivity contribution >= 4 is 52.5 Å². The number of rotatable bonds is 3. The summed E-state index contributed by atoms with van der Waals surface area (Å²) < 4.78 is 0. The first-order valence-electron chi connectivity index (χ1n) is 6.27. The number of carbonyl (C=O) groups excluding carboxylic acids is 1. The van der Waals surface area contributed by atoms with E-state index in [-0.39, 0.29) is 16.3 Å². The summed E-state index contributed by atoms with van der Waals surface area (Å²) in [6.07, 6.45) is 1.35. The second-order valence-electron chi connectivity index (χ2n) is 4.49. The van der Waals surface area contributed by atoms with Crippen LogP contribution in [0.5, 0.6) is 5.75 Å². The lowest BCUT2D eigenvalue weighted by Crippen LogP contribution is -2.13. The number of nitriles is 1. The molecule has 0 bridgehead atoms. The van der Waals surface area contributed by atoms with E-state index in [4.69, 9.17) is 40.1 Å². The first-order chi connectivity index (χ1) is 10.9. The van der Waals surface area contributed by atoms with Crippen LogP contribution in [-0.4, -0.2) is 11.0 Å². The third kappa shape index (κ3) is 4.64. The lowest BCUT2D eigenvalue weighted by atomic mass is 10.1. The topological polar surface area (TPSA) is 73.1 Å². The summed E-state index contributed by atoms with van der Waals surface area (Å²) in [5, 5.41) is 21.9. The maximum Gasteiger partial charge on any atom is 0.266 e. The highest BCUT2D eigenvalue weighted by Gasteiger charge is 2.11. The van der Waals surface area contributed by atoms with Crippen LogP contribution < -0.4 is 5.32 Å². The third-order valence-corrected chi connectivity index (χ3v) is 3.51. The number of hydrogen-bond donors (Lipinski definition) is 2. The Morgan fingerprint density at radius 2 is 1.78 bits per heavy atom. The summed E-state index contributed by atoms with van der Waals surface area (Å²) in [5.74, 6) is -0.699. The molecule has 0 atom stereocenters. The van der Waals surface area contributed by atoms with Crippen LogP contribution in [0.15, 0.2) is 42.0 Å². The van der Waals surface area contributed by atoms with Crippen LogP contribution in [0.25, 0.3) is 6.08 Å². The van der Waals surface area contributed by atoms with E-state index in [0.717, 1.165) is 0 Å². The van der Waals surface area contributed by atoms with Crippen LogP contribution in [0, 0.1) is 11.3 Å². The highest BCUT2D eigenvalue weighted by molar-refractivity contribution is 6.35. The zero-order valence-electron chi connectivity index (χ0n) is 11.5. The molecule has 2 aromatic carbocycles. The average molecular weight is 368 g/mol. The number of benzene rings is 2. The fourth-order valence-electron chi connectivity index (χ4n) is 1.75. The molecule has 0 radical (unpaired) electrons. The molecule has 1 amide bonds. The van der Waals surface area contributed by atoms with Crippen molar-refractivity contribution in [3.05, 3.63) is 62.6 Å². The SMILES string of the molecule is N#C/C(=C/c1ccc(O)c(Cl)c1)C(=O)Nc1cc(Cl)cc(Cl)c1. The minimum Gasteiger partial charge on any atom is -0.506 e. The minimum absolute atomic E-state index is 0.0830. The molecule has 7 heteroatoms. The van der Waals surface area contributed by atoms with Crippen molar-refractivity contribution < 1.29 is 9.90 Å². The number of phenolic OH excluding ortho intramolecular Hbond substituents is 1. The largest absolute Gasteiger partial charge is 0.506 e. The average Bonchev–Trinajstić information content (AvgIpc) is 2.47. The fourth-order valence-corrected chi connectivity index (χ4v) is 2.47. The number of phenols is 1. The molecule has 0 aliphatic carbocycles. The number of carbonyl (C=O) groups is 1. The van der Waals surface area contributed by atoms with Gasteiger partial charge < -0.3 is 10.4 Å². The molecule has 0 heterocycles. The van der Waals surface area contributed by atoms with Gasteiger partial charge in [0.1, 0.15) is 17.4 Å². The zero-order chi connectivity index (χ0) is 17.0. The minimum atomic E-state index is -0.616. The van der Waals surface area contributed by atoms with Crippen molar-refractivity contribution in [3.63, 3.8) is 0 Å². The van der Waals surface area contributed by atoms with Gasteiger partial charge in [0, 0.05) is 15.7 Å². The summed E-state index contributed by atoms with van der Waals surface area (Å²) >= 11 is 17.5. The lowest BCUT2D eigenvalue weighted by molar-refractivity contribution is -0.112. The molecule has 0 aromatic heterocycles. The van der Waals surface area contributed by atoms with Crippen molar-refractivity contribution in [1.82, 2.24) is 0 Å². The van der Waals surface area contributed by atoms with Gasteiger partial charge in [-0.3, -0.25) is 4.79 Å². The van der Waals surface area contributed by atoms with Crippen LogP contribution in [0.3, 0.4) is 0 Å². The Morgan fingerprint density at radius 1 is 1.13 bits per heavy atom. The van der Waals surface area contributed by atoms with Gasteiger partial charge in [0.05, 0.1) is 5.02 Å². The number of amides is 1. The zero-order valence-corrected chi connectivity index (χ0v) is 13.7. The number of hydrogen-bond acceptors (Lipinski definition) is 3. The molecule has 0 saturated heterocycles. The van der Waals surface area contributed by atoms with Gasteiger partial charge in [-0.25, -0.2) is 0 Å². The van der Waals surface area contributed by atoms with Crippen LogP contribution in [-0.2, 0) is 4.79 Å². The highest BCUT2D eigenvalue weighted by atomic mass is 35.5. The monoisotopic (exact) mass is 366 g/mol. The molecule has 0 unspecified atom stereocenters. The van der Waals surface area contributed by atoms with Crippen LogP contribution in [0.1, 0.15) is 5.56 Å². The number of nitrogens with zero attached hydrogens (tertiary/aromatic N) is 1. The molecular weight excluding hydrogens is 359 g/mol. The Morgan fingerprint density at radius 3 is 2.35 bits per heavy atom. The van der Waals surface area contributed by atoms with Gasteiger partial charge in [-0.05, 0) is 42.0 Å². The van der Waals surface area contributed by atoms with E-state index in [9.17, 15) is 9.90 Å². The predicted octanol–water partition coefficient (Wildman–Crippen LogP) is 4.90. The molecular formula is C16H9Cl3N2O2. The van der Waals surface area contributed by atoms with E-state index >= 15 is 0 Å². The molecule has 23 heavy (non-hydrogen) atoms. The standard InChI is InChI=1S/C16H9Cl3N2O2/c17-11-5-12(18)7-13(6-11)21-16(23)10(8-20)3-9-1-2-15(22)14(19)4-9/h1-7,22H,(H,21,23)/b10-3-. The van der Waals surface area contributed by atoms with Gasteiger partial charge >= 0.3 is 0 Å². The van der Waals surface area contributed by atoms with Crippen molar-refractivity contribution in [1.29, 1.82) is 5.26 Å². The first-order valence-corrected chi connectivity index (χ1v) is 7.40. The Bertz CT molecular complexity index is 821. The molecule has 0 aliphatic heterocycles. The lowest BCUT2D eigenvalue weighted by Gasteiger charge is -2.06. The van der Waals surface area contributed by atoms with E-state index < -0.39 is 5.91 Å². The highest BCUT2D eigenvalue weighted by Crippen LogP contribution is 2.25. The third-order valence-electron chi connectivity index (χ3n) is 2.77. The molecule has 2 rings (SSSR count). The van der Waals surface area contributed by atoms with Gasteiger partial charge in [-0.1, -0.05) is 40.9 Å². The molecule has 0 aliphatic rings. The van der Waals surface area contributed by atoms with Gasteiger partial charge in [0.25, 0.3) is 5.91 Å². The summed E-state index contributed by atoms with van der Waals surface area (Å²) in [5.41, 5.74) is 0.740. The molecule has 0 fully saturated rings. The molecule has 0 spiro atoms. The van der Waals surface area contributed by atoms with Crippen molar-refractivity contribution in [2.24, 2.45) is 0 Å². The molecule has 0 saturated carbocycles. The summed E-state index contributed by atoms with van der Waals surface area (Å²) in [7, 11) is 0. The van der Waals surface area contributed by atoms with E-state index in [2.05, 4.69) is 5.32 Å². The second kappa shape index (κ2) is 7.38. The summed E-state index contributed by atoms with van der Waals surface area (Å²) in [4.78, 5) is 12.2. The van der Waals surface area contributed by atoms with Gasteiger partial charge in [0.15, 0.2) is 0 Å². The normalized spacial score (nSPS) is 11.0. The van der Waals surface area contributed by atoms with E-state index in [1.807, 2.05) is 6.07 Å². The summed E-state index contributed by atoms with van der Waals surface area (Å²) in [6, 6.07) is 10.7. The van der Waals surface area contributed by atoms with E-state index in [1.54, 1.807) is 0 Å². The molecule has 2 aromatic rings. The van der Waals surface area contributed by atoms with Crippen molar-refractivity contribution in [2.45, 2.75) is 0 Å². The number of nitrogens with one attached hydrogen (secondary N) is 1. The van der Waals surface area contributed by atoms with Gasteiger partial charge in [-0.2, -0.15) is 5.26 Å². The van der Waals surface area contributed by atoms with Crippen LogP contribution >= 0.6 is 34.8 Å². The second-order valence-corrected chi connectivity index (χ2v) is 5.77. The Hall–Kier alpha value is -2.19. The predicted molar refractivity (Wildman–Crippen MR) is 91.8 cm³/mol. The van der Waals surface area contributed by atoms with Crippen LogP contribution in [0.4, 0.5) is 5.69 Å². The van der Waals surface area contributed by atoms with Crippen molar-refractivity contribution in [2.75, 3.05) is 5.32 Å². The molecule has 2 N–H and O–H groups in total. The maximum absolute atomic E-state index is 12.2. The van der Waals surface area contributed by atoms with E-state index in [0.29, 0.717) is 21.3 Å². The fraction of sp³-hybridized carbons (Fsp3) is 0. The Kier molecular flexibility index (Phi) is 5.51. The summed E-state index contributed by atoms with van der Waals surface area (Å²) in [6.45, 7) is 0.